The van der Waals surface area contributed by atoms with Gasteiger partial charge in [0.2, 0.25) is 0 Å². The molecule has 1 aromatic carbocycles. The van der Waals surface area contributed by atoms with Crippen LogP contribution < -0.4 is 5.32 Å². The van der Waals surface area contributed by atoms with E-state index in [4.69, 9.17) is 0 Å². The molecule has 1 fully saturated rings. The quantitative estimate of drug-likeness (QED) is 0.797. The van der Waals surface area contributed by atoms with Gasteiger partial charge in [-0.2, -0.15) is 0 Å². The summed E-state index contributed by atoms with van der Waals surface area (Å²) in [6, 6.07) is 4.73. The molecule has 0 saturated heterocycles. The Balaban J connectivity index is 1.88. The summed E-state index contributed by atoms with van der Waals surface area (Å²) in [4.78, 5) is 0. The fourth-order valence-electron chi connectivity index (χ4n) is 2.93. The number of halogens is 2. The van der Waals surface area contributed by atoms with Gasteiger partial charge >= 0.3 is 0 Å². The summed E-state index contributed by atoms with van der Waals surface area (Å²) >= 11 is 0. The second-order valence-electron chi connectivity index (χ2n) is 5.63. The first-order valence-electron chi connectivity index (χ1n) is 7.34. The van der Waals surface area contributed by atoms with E-state index in [-0.39, 0.29) is 0 Å². The zero-order valence-corrected chi connectivity index (χ0v) is 11.6. The molecule has 2 rings (SSSR count). The first-order chi connectivity index (χ1) is 9.18. The highest BCUT2D eigenvalue weighted by molar-refractivity contribution is 5.18. The summed E-state index contributed by atoms with van der Waals surface area (Å²) in [6.45, 7) is 2.56. The lowest BCUT2D eigenvalue weighted by atomic mass is 9.93. The van der Waals surface area contributed by atoms with Crippen molar-refractivity contribution in [2.24, 2.45) is 5.92 Å². The van der Waals surface area contributed by atoms with Gasteiger partial charge in [0, 0.05) is 18.2 Å². The predicted molar refractivity (Wildman–Crippen MR) is 73.9 cm³/mol. The largest absolute Gasteiger partial charge is 0.310 e. The minimum absolute atomic E-state index is 0.362. The van der Waals surface area contributed by atoms with Crippen LogP contribution in [0.25, 0.3) is 0 Å². The molecular formula is C16H23F2N. The Hall–Kier alpha value is -0.960. The maximum atomic E-state index is 13.5. The lowest BCUT2D eigenvalue weighted by Crippen LogP contribution is -2.33. The van der Waals surface area contributed by atoms with E-state index >= 15 is 0 Å². The molecule has 1 saturated carbocycles. The Kier molecular flexibility index (Phi) is 5.32. The molecule has 1 aliphatic rings. The molecule has 0 heterocycles. The SMILES string of the molecule is C[C@H](NCc1cccc(F)c1F)C1CCCCCC1. The fourth-order valence-corrected chi connectivity index (χ4v) is 2.93. The van der Waals surface area contributed by atoms with Crippen molar-refractivity contribution < 1.29 is 8.78 Å². The highest BCUT2D eigenvalue weighted by Gasteiger charge is 2.19. The Labute approximate surface area is 114 Å². The van der Waals surface area contributed by atoms with Crippen LogP contribution in [0.2, 0.25) is 0 Å². The molecule has 1 N–H and O–H groups in total. The van der Waals surface area contributed by atoms with Gasteiger partial charge in [0.25, 0.3) is 0 Å². The van der Waals surface area contributed by atoms with Crippen molar-refractivity contribution in [3.05, 3.63) is 35.4 Å². The molecule has 1 nitrogen and oxygen atoms in total. The zero-order chi connectivity index (χ0) is 13.7. The highest BCUT2D eigenvalue weighted by atomic mass is 19.2. The molecule has 3 heteroatoms. The van der Waals surface area contributed by atoms with E-state index in [1.807, 2.05) is 0 Å². The van der Waals surface area contributed by atoms with Crippen LogP contribution >= 0.6 is 0 Å². The molecular weight excluding hydrogens is 244 g/mol. The number of hydrogen-bond donors (Lipinski definition) is 1. The molecule has 0 spiro atoms. The van der Waals surface area contributed by atoms with Crippen LogP contribution in [-0.2, 0) is 6.54 Å². The first kappa shape index (κ1) is 14.4. The van der Waals surface area contributed by atoms with Crippen LogP contribution in [0.15, 0.2) is 18.2 Å². The minimum atomic E-state index is -0.763. The molecule has 1 atom stereocenters. The maximum Gasteiger partial charge on any atom is 0.163 e. The van der Waals surface area contributed by atoms with Gasteiger partial charge in [0.15, 0.2) is 11.6 Å². The summed E-state index contributed by atoms with van der Waals surface area (Å²) < 4.78 is 26.7. The van der Waals surface area contributed by atoms with Gasteiger partial charge in [0.1, 0.15) is 0 Å². The second kappa shape index (κ2) is 6.99. The van der Waals surface area contributed by atoms with Crippen LogP contribution in [0.5, 0.6) is 0 Å². The third-order valence-corrected chi connectivity index (χ3v) is 4.25. The number of hydrogen-bond acceptors (Lipinski definition) is 1. The average molecular weight is 267 g/mol. The van der Waals surface area contributed by atoms with Gasteiger partial charge in [0.05, 0.1) is 0 Å². The van der Waals surface area contributed by atoms with E-state index in [0.29, 0.717) is 24.1 Å². The molecule has 0 radical (unpaired) electrons. The molecule has 19 heavy (non-hydrogen) atoms. The summed E-state index contributed by atoms with van der Waals surface area (Å²) in [6.07, 6.45) is 7.76. The van der Waals surface area contributed by atoms with E-state index in [1.54, 1.807) is 12.1 Å². The zero-order valence-electron chi connectivity index (χ0n) is 11.6. The van der Waals surface area contributed by atoms with Gasteiger partial charge in [-0.05, 0) is 31.7 Å². The predicted octanol–water partition coefficient (Wildman–Crippen LogP) is 4.41. The lowest BCUT2D eigenvalue weighted by molar-refractivity contribution is 0.334. The van der Waals surface area contributed by atoms with Crippen molar-refractivity contribution in [1.82, 2.24) is 5.32 Å². The Morgan fingerprint density at radius 1 is 1.16 bits per heavy atom. The summed E-state index contributed by atoms with van der Waals surface area (Å²) in [7, 11) is 0. The van der Waals surface area contributed by atoms with Gasteiger partial charge in [-0.15, -0.1) is 0 Å². The van der Waals surface area contributed by atoms with Crippen LogP contribution in [0.4, 0.5) is 8.78 Å². The third-order valence-electron chi connectivity index (χ3n) is 4.25. The van der Waals surface area contributed by atoms with Crippen molar-refractivity contribution in [2.75, 3.05) is 0 Å². The first-order valence-corrected chi connectivity index (χ1v) is 7.34. The monoisotopic (exact) mass is 267 g/mol. The standard InChI is InChI=1S/C16H23F2N/c1-12(13-7-4-2-3-5-8-13)19-11-14-9-6-10-15(17)16(14)18/h6,9-10,12-13,19H,2-5,7-8,11H2,1H3/t12-/m0/s1. The number of benzene rings is 1. The number of nitrogens with one attached hydrogen (secondary N) is 1. The molecule has 1 aliphatic carbocycles. The molecule has 0 aromatic heterocycles. The van der Waals surface area contributed by atoms with Gasteiger partial charge < -0.3 is 5.32 Å². The fraction of sp³-hybridized carbons (Fsp3) is 0.625. The van der Waals surface area contributed by atoms with Crippen molar-refractivity contribution in [3.63, 3.8) is 0 Å². The van der Waals surface area contributed by atoms with Crippen LogP contribution in [0.1, 0.15) is 51.0 Å². The Morgan fingerprint density at radius 3 is 2.53 bits per heavy atom. The summed E-state index contributed by atoms with van der Waals surface area (Å²) in [5, 5.41) is 3.36. The minimum Gasteiger partial charge on any atom is -0.310 e. The average Bonchev–Trinajstić information content (AvgIpc) is 2.69. The number of rotatable bonds is 4. The topological polar surface area (TPSA) is 12.0 Å². The van der Waals surface area contributed by atoms with Crippen LogP contribution in [-0.4, -0.2) is 6.04 Å². The van der Waals surface area contributed by atoms with Crippen molar-refractivity contribution >= 4 is 0 Å². The van der Waals surface area contributed by atoms with Gasteiger partial charge in [-0.1, -0.05) is 37.8 Å². The van der Waals surface area contributed by atoms with Crippen molar-refractivity contribution in [3.8, 4) is 0 Å². The third kappa shape index (κ3) is 4.00. The molecule has 0 aliphatic heterocycles. The molecule has 1 aromatic rings. The van der Waals surface area contributed by atoms with E-state index < -0.39 is 11.6 Å². The summed E-state index contributed by atoms with van der Waals surface area (Å²) in [5.41, 5.74) is 0.417. The highest BCUT2D eigenvalue weighted by Crippen LogP contribution is 2.25. The van der Waals surface area contributed by atoms with E-state index in [0.717, 1.165) is 6.07 Å². The van der Waals surface area contributed by atoms with Crippen molar-refractivity contribution in [2.45, 2.75) is 58.0 Å². The van der Waals surface area contributed by atoms with Gasteiger partial charge in [-0.25, -0.2) is 8.78 Å². The van der Waals surface area contributed by atoms with Crippen LogP contribution in [0, 0.1) is 17.6 Å². The van der Waals surface area contributed by atoms with E-state index in [2.05, 4.69) is 12.2 Å². The Morgan fingerprint density at radius 2 is 1.84 bits per heavy atom. The van der Waals surface area contributed by atoms with E-state index in [9.17, 15) is 8.78 Å². The van der Waals surface area contributed by atoms with E-state index in [1.165, 1.54) is 38.5 Å². The Bertz CT molecular complexity index is 398. The second-order valence-corrected chi connectivity index (χ2v) is 5.63. The van der Waals surface area contributed by atoms with Crippen LogP contribution in [0.3, 0.4) is 0 Å². The summed E-state index contributed by atoms with van der Waals surface area (Å²) in [5.74, 6) is -0.816. The normalized spacial score (nSPS) is 19.1. The van der Waals surface area contributed by atoms with Gasteiger partial charge in [-0.3, -0.25) is 0 Å². The molecule has 106 valence electrons. The molecule has 0 unspecified atom stereocenters. The molecule has 0 bridgehead atoms. The van der Waals surface area contributed by atoms with Crippen molar-refractivity contribution in [1.29, 1.82) is 0 Å². The molecule has 0 amide bonds. The maximum absolute atomic E-state index is 13.5. The lowest BCUT2D eigenvalue weighted by Gasteiger charge is -2.23. The smallest absolute Gasteiger partial charge is 0.163 e.